The monoisotopic (exact) mass is 314 g/mol. The van der Waals surface area contributed by atoms with E-state index < -0.39 is 11.9 Å². The van der Waals surface area contributed by atoms with Crippen molar-refractivity contribution in [1.29, 1.82) is 0 Å². The van der Waals surface area contributed by atoms with Crippen LogP contribution in [0.5, 0.6) is 5.75 Å². The van der Waals surface area contributed by atoms with Crippen LogP contribution in [0.3, 0.4) is 0 Å². The Morgan fingerprint density at radius 1 is 0.957 bits per heavy atom. The summed E-state index contributed by atoms with van der Waals surface area (Å²) in [5.74, 6) is -2.42. The first kappa shape index (κ1) is 16.0. The fourth-order valence-electron chi connectivity index (χ4n) is 1.93. The molecule has 7 nitrogen and oxygen atoms in total. The average molecular weight is 314 g/mol. The number of aromatic carboxylic acids is 1. The molecule has 23 heavy (non-hydrogen) atoms. The molecule has 0 unspecified atom stereocenters. The van der Waals surface area contributed by atoms with Crippen LogP contribution in [0.15, 0.2) is 42.5 Å². The lowest BCUT2D eigenvalue weighted by Gasteiger charge is -2.09. The van der Waals surface area contributed by atoms with E-state index in [1.807, 2.05) is 0 Å². The van der Waals surface area contributed by atoms with Gasteiger partial charge in [-0.05, 0) is 36.4 Å². The van der Waals surface area contributed by atoms with Crippen LogP contribution in [-0.2, 0) is 4.79 Å². The number of nitrogens with one attached hydrogen (secondary N) is 2. The van der Waals surface area contributed by atoms with E-state index in [9.17, 15) is 19.5 Å². The summed E-state index contributed by atoms with van der Waals surface area (Å²) in [4.78, 5) is 34.2. The second kappa shape index (κ2) is 6.61. The van der Waals surface area contributed by atoms with E-state index in [0.717, 1.165) is 6.07 Å². The fourth-order valence-corrected chi connectivity index (χ4v) is 1.93. The minimum absolute atomic E-state index is 0.232. The summed E-state index contributed by atoms with van der Waals surface area (Å²) in [7, 11) is 0. The molecule has 0 aliphatic heterocycles. The van der Waals surface area contributed by atoms with Crippen molar-refractivity contribution in [3.8, 4) is 5.75 Å². The number of benzene rings is 2. The number of amides is 2. The highest BCUT2D eigenvalue weighted by Crippen LogP contribution is 2.22. The number of carboxylic acid groups (broad SMARTS) is 1. The zero-order valence-electron chi connectivity index (χ0n) is 12.2. The van der Waals surface area contributed by atoms with E-state index in [1.165, 1.54) is 25.1 Å². The number of phenols is 1. The highest BCUT2D eigenvalue weighted by molar-refractivity contribution is 6.06. The van der Waals surface area contributed by atoms with Gasteiger partial charge in [0.1, 0.15) is 11.3 Å². The van der Waals surface area contributed by atoms with Crippen LogP contribution in [0.25, 0.3) is 0 Å². The first-order chi connectivity index (χ1) is 10.9. The van der Waals surface area contributed by atoms with E-state index in [1.54, 1.807) is 18.2 Å². The van der Waals surface area contributed by atoms with Crippen LogP contribution in [0.1, 0.15) is 27.6 Å². The summed E-state index contributed by atoms with van der Waals surface area (Å²) in [6.45, 7) is 1.36. The summed E-state index contributed by atoms with van der Waals surface area (Å²) < 4.78 is 0. The molecule has 2 aromatic carbocycles. The summed E-state index contributed by atoms with van der Waals surface area (Å²) in [5, 5.41) is 23.5. The minimum Gasteiger partial charge on any atom is -0.507 e. The summed E-state index contributed by atoms with van der Waals surface area (Å²) in [5.41, 5.74) is 0.688. The summed E-state index contributed by atoms with van der Waals surface area (Å²) in [6, 6.07) is 10.0. The third-order valence-electron chi connectivity index (χ3n) is 2.93. The molecular weight excluding hydrogens is 300 g/mol. The molecular formula is C16H14N2O5. The first-order valence-electron chi connectivity index (χ1n) is 6.62. The molecule has 0 bridgehead atoms. The number of rotatable bonds is 4. The standard InChI is InChI=1S/C16H14N2O5/c1-9(19)17-11-4-2-3-10(7-11)15(21)18-12-5-6-14(20)13(8-12)16(22)23/h2-8,20H,1H3,(H,17,19)(H,18,21)(H,22,23). The number of anilines is 2. The third kappa shape index (κ3) is 4.07. The van der Waals surface area contributed by atoms with Crippen LogP contribution >= 0.6 is 0 Å². The fraction of sp³-hybridized carbons (Fsp3) is 0.0625. The van der Waals surface area contributed by atoms with Crippen LogP contribution in [0.2, 0.25) is 0 Å². The van der Waals surface area contributed by atoms with E-state index in [-0.39, 0.29) is 22.9 Å². The van der Waals surface area contributed by atoms with E-state index in [0.29, 0.717) is 11.3 Å². The Balaban J connectivity index is 2.21. The second-order valence-electron chi connectivity index (χ2n) is 4.75. The maximum absolute atomic E-state index is 12.2. The highest BCUT2D eigenvalue weighted by Gasteiger charge is 2.12. The van der Waals surface area contributed by atoms with Gasteiger partial charge < -0.3 is 20.8 Å². The van der Waals surface area contributed by atoms with Crippen molar-refractivity contribution in [2.45, 2.75) is 6.92 Å². The number of carbonyl (C=O) groups is 3. The van der Waals surface area contributed by atoms with Crippen molar-refractivity contribution >= 4 is 29.2 Å². The van der Waals surface area contributed by atoms with Crippen LogP contribution < -0.4 is 10.6 Å². The smallest absolute Gasteiger partial charge is 0.339 e. The molecule has 0 fully saturated rings. The summed E-state index contributed by atoms with van der Waals surface area (Å²) >= 11 is 0. The number of hydrogen-bond acceptors (Lipinski definition) is 4. The maximum Gasteiger partial charge on any atom is 0.339 e. The molecule has 0 aliphatic rings. The van der Waals surface area contributed by atoms with Gasteiger partial charge in [-0.2, -0.15) is 0 Å². The van der Waals surface area contributed by atoms with Gasteiger partial charge in [-0.1, -0.05) is 6.07 Å². The second-order valence-corrected chi connectivity index (χ2v) is 4.75. The molecule has 0 aliphatic carbocycles. The van der Waals surface area contributed by atoms with Gasteiger partial charge in [0.25, 0.3) is 5.91 Å². The highest BCUT2D eigenvalue weighted by atomic mass is 16.4. The van der Waals surface area contributed by atoms with Gasteiger partial charge in [-0.15, -0.1) is 0 Å². The van der Waals surface area contributed by atoms with E-state index >= 15 is 0 Å². The van der Waals surface area contributed by atoms with Gasteiger partial charge >= 0.3 is 5.97 Å². The van der Waals surface area contributed by atoms with E-state index in [2.05, 4.69) is 10.6 Å². The zero-order valence-corrected chi connectivity index (χ0v) is 12.2. The maximum atomic E-state index is 12.2. The number of aromatic hydroxyl groups is 1. The molecule has 4 N–H and O–H groups in total. The molecule has 118 valence electrons. The Morgan fingerprint density at radius 3 is 2.30 bits per heavy atom. The van der Waals surface area contributed by atoms with E-state index in [4.69, 9.17) is 5.11 Å². The Bertz CT molecular complexity index is 786. The van der Waals surface area contributed by atoms with Gasteiger partial charge in [0.05, 0.1) is 0 Å². The number of carboxylic acids is 1. The number of carbonyl (C=O) groups excluding carboxylic acids is 2. The van der Waals surface area contributed by atoms with Gasteiger partial charge in [0.15, 0.2) is 0 Å². The molecule has 2 aromatic rings. The predicted octanol–water partition coefficient (Wildman–Crippen LogP) is 2.30. The summed E-state index contributed by atoms with van der Waals surface area (Å²) in [6.07, 6.45) is 0. The molecule has 0 saturated carbocycles. The van der Waals surface area contributed by atoms with Crippen molar-refractivity contribution in [1.82, 2.24) is 0 Å². The van der Waals surface area contributed by atoms with Crippen LogP contribution in [0.4, 0.5) is 11.4 Å². The van der Waals surface area contributed by atoms with Crippen molar-refractivity contribution in [3.05, 3.63) is 53.6 Å². The van der Waals surface area contributed by atoms with Gasteiger partial charge in [-0.3, -0.25) is 9.59 Å². The Morgan fingerprint density at radius 2 is 1.65 bits per heavy atom. The van der Waals surface area contributed by atoms with Gasteiger partial charge in [0.2, 0.25) is 5.91 Å². The lowest BCUT2D eigenvalue weighted by Crippen LogP contribution is -2.13. The van der Waals surface area contributed by atoms with Crippen molar-refractivity contribution in [3.63, 3.8) is 0 Å². The molecule has 2 rings (SSSR count). The lowest BCUT2D eigenvalue weighted by molar-refractivity contribution is -0.114. The third-order valence-corrected chi connectivity index (χ3v) is 2.93. The average Bonchev–Trinajstić information content (AvgIpc) is 2.48. The molecule has 0 atom stereocenters. The largest absolute Gasteiger partial charge is 0.507 e. The van der Waals surface area contributed by atoms with Crippen molar-refractivity contribution in [2.24, 2.45) is 0 Å². The molecule has 0 spiro atoms. The van der Waals surface area contributed by atoms with Crippen molar-refractivity contribution < 1.29 is 24.6 Å². The SMILES string of the molecule is CC(=O)Nc1cccc(C(=O)Nc2ccc(O)c(C(=O)O)c2)c1. The molecule has 0 radical (unpaired) electrons. The molecule has 2 amide bonds. The van der Waals surface area contributed by atoms with Gasteiger partial charge in [0, 0.05) is 23.9 Å². The Labute approximate surface area is 131 Å². The van der Waals surface area contributed by atoms with Crippen LogP contribution in [-0.4, -0.2) is 28.0 Å². The van der Waals surface area contributed by atoms with Gasteiger partial charge in [-0.25, -0.2) is 4.79 Å². The zero-order chi connectivity index (χ0) is 17.0. The lowest BCUT2D eigenvalue weighted by atomic mass is 10.1. The molecule has 0 heterocycles. The predicted molar refractivity (Wildman–Crippen MR) is 83.8 cm³/mol. The Kier molecular flexibility index (Phi) is 4.61. The van der Waals surface area contributed by atoms with Crippen LogP contribution in [0, 0.1) is 0 Å². The molecule has 0 aromatic heterocycles. The Hall–Kier alpha value is -3.35. The number of hydrogen-bond donors (Lipinski definition) is 4. The van der Waals surface area contributed by atoms with Crippen molar-refractivity contribution in [2.75, 3.05) is 10.6 Å². The minimum atomic E-state index is -1.30. The normalized spacial score (nSPS) is 9.96. The first-order valence-corrected chi connectivity index (χ1v) is 6.62. The quantitative estimate of drug-likeness (QED) is 0.646. The molecule has 7 heteroatoms. The topological polar surface area (TPSA) is 116 Å². The molecule has 0 saturated heterocycles.